The fraction of sp³-hybridized carbons (Fsp3) is 0.778. The van der Waals surface area contributed by atoms with Crippen molar-refractivity contribution in [2.45, 2.75) is 77.4 Å². The van der Waals surface area contributed by atoms with E-state index < -0.39 is 0 Å². The van der Waals surface area contributed by atoms with E-state index in [2.05, 4.69) is 19.6 Å². The second kappa shape index (κ2) is 12.2. The Bertz CT molecular complexity index is 265. The number of ether oxygens (including phenoxy) is 2. The lowest BCUT2D eigenvalue weighted by Gasteiger charge is -2.22. The summed E-state index contributed by atoms with van der Waals surface area (Å²) in [7, 11) is 0. The summed E-state index contributed by atoms with van der Waals surface area (Å²) < 4.78 is 11.3. The fourth-order valence-corrected chi connectivity index (χ4v) is 2.56. The van der Waals surface area contributed by atoms with Crippen LogP contribution in [0, 0.1) is 0 Å². The van der Waals surface area contributed by atoms with E-state index in [4.69, 9.17) is 9.47 Å². The molecule has 2 nitrogen and oxygen atoms in total. The van der Waals surface area contributed by atoms with Gasteiger partial charge in [0.25, 0.3) is 0 Å². The van der Waals surface area contributed by atoms with Crippen LogP contribution in [0.4, 0.5) is 0 Å². The van der Waals surface area contributed by atoms with Crippen LogP contribution in [0.15, 0.2) is 24.3 Å². The van der Waals surface area contributed by atoms with Gasteiger partial charge in [0.1, 0.15) is 0 Å². The normalized spacial score (nSPS) is 20.1. The van der Waals surface area contributed by atoms with Gasteiger partial charge in [-0.3, -0.25) is 0 Å². The minimum absolute atomic E-state index is 0.0459. The second-order valence-corrected chi connectivity index (χ2v) is 5.62. The van der Waals surface area contributed by atoms with Crippen LogP contribution in [0.2, 0.25) is 0 Å². The van der Waals surface area contributed by atoms with Crippen molar-refractivity contribution in [2.75, 3.05) is 13.2 Å². The third-order valence-corrected chi connectivity index (χ3v) is 3.75. The maximum Gasteiger partial charge on any atom is 0.157 e. The minimum Gasteiger partial charge on any atom is -0.353 e. The van der Waals surface area contributed by atoms with Crippen molar-refractivity contribution in [3.05, 3.63) is 24.3 Å². The molecule has 0 aromatic carbocycles. The molecule has 0 spiro atoms. The molecule has 0 saturated carbocycles. The zero-order chi connectivity index (χ0) is 14.5. The molecule has 116 valence electrons. The van der Waals surface area contributed by atoms with E-state index in [1.165, 1.54) is 50.5 Å². The van der Waals surface area contributed by atoms with Gasteiger partial charge in [-0.25, -0.2) is 0 Å². The number of allylic oxidation sites excluding steroid dienone is 2. The largest absolute Gasteiger partial charge is 0.353 e. The number of hydrogen-bond donors (Lipinski definition) is 0. The van der Waals surface area contributed by atoms with Gasteiger partial charge in [0, 0.05) is 6.61 Å². The van der Waals surface area contributed by atoms with Crippen LogP contribution in [0.3, 0.4) is 0 Å². The molecule has 1 aliphatic rings. The van der Waals surface area contributed by atoms with E-state index in [1.807, 2.05) is 6.08 Å². The fourth-order valence-electron chi connectivity index (χ4n) is 2.56. The van der Waals surface area contributed by atoms with Crippen LogP contribution >= 0.6 is 0 Å². The maximum absolute atomic E-state index is 5.76. The van der Waals surface area contributed by atoms with Gasteiger partial charge in [-0.15, -0.1) is 6.58 Å². The Morgan fingerprint density at radius 3 is 2.90 bits per heavy atom. The predicted molar refractivity (Wildman–Crippen MR) is 85.8 cm³/mol. The molecule has 1 aliphatic heterocycles. The average Bonchev–Trinajstić information content (AvgIpc) is 2.49. The van der Waals surface area contributed by atoms with Gasteiger partial charge >= 0.3 is 0 Å². The van der Waals surface area contributed by atoms with Crippen molar-refractivity contribution in [1.29, 1.82) is 0 Å². The summed E-state index contributed by atoms with van der Waals surface area (Å²) in [6.07, 6.45) is 16.4. The minimum atomic E-state index is 0.0459. The molecule has 0 radical (unpaired) electrons. The molecular formula is C18H32O2. The first kappa shape index (κ1) is 17.5. The zero-order valence-corrected chi connectivity index (χ0v) is 13.2. The van der Waals surface area contributed by atoms with Gasteiger partial charge in [-0.05, 0) is 44.9 Å². The molecule has 20 heavy (non-hydrogen) atoms. The second-order valence-electron chi connectivity index (χ2n) is 5.62. The molecule has 1 atom stereocenters. The van der Waals surface area contributed by atoms with Crippen molar-refractivity contribution in [3.63, 3.8) is 0 Å². The van der Waals surface area contributed by atoms with E-state index in [0.717, 1.165) is 32.5 Å². The lowest BCUT2D eigenvalue weighted by atomic mass is 10.0. The third kappa shape index (κ3) is 8.55. The standard InChI is InChI=1S/C18H32O2/c1-3-5-6-7-12-17(11-4-2)13-10-16-20-18-14-8-9-15-19-18/h4,13,18H,2-3,5-12,14-16H2,1H3/b17-13-. The summed E-state index contributed by atoms with van der Waals surface area (Å²) in [6.45, 7) is 7.75. The molecule has 0 amide bonds. The van der Waals surface area contributed by atoms with Crippen LogP contribution in [0.25, 0.3) is 0 Å². The number of hydrogen-bond acceptors (Lipinski definition) is 2. The first-order valence-corrected chi connectivity index (χ1v) is 8.38. The average molecular weight is 280 g/mol. The smallest absolute Gasteiger partial charge is 0.157 e. The van der Waals surface area contributed by atoms with E-state index >= 15 is 0 Å². The van der Waals surface area contributed by atoms with Crippen molar-refractivity contribution in [2.24, 2.45) is 0 Å². The van der Waals surface area contributed by atoms with E-state index in [-0.39, 0.29) is 6.29 Å². The van der Waals surface area contributed by atoms with Crippen LogP contribution < -0.4 is 0 Å². The molecule has 0 aliphatic carbocycles. The topological polar surface area (TPSA) is 18.5 Å². The van der Waals surface area contributed by atoms with Crippen molar-refractivity contribution < 1.29 is 9.47 Å². The summed E-state index contributed by atoms with van der Waals surface area (Å²) >= 11 is 0. The number of rotatable bonds is 11. The molecular weight excluding hydrogens is 248 g/mol. The van der Waals surface area contributed by atoms with Crippen LogP contribution in [0.5, 0.6) is 0 Å². The Morgan fingerprint density at radius 1 is 1.30 bits per heavy atom. The Kier molecular flexibility index (Phi) is 10.6. The van der Waals surface area contributed by atoms with E-state index in [1.54, 1.807) is 0 Å². The monoisotopic (exact) mass is 280 g/mol. The van der Waals surface area contributed by atoms with Crippen LogP contribution in [-0.4, -0.2) is 19.5 Å². The van der Waals surface area contributed by atoms with Gasteiger partial charge in [0.15, 0.2) is 6.29 Å². The van der Waals surface area contributed by atoms with Gasteiger partial charge in [0.2, 0.25) is 0 Å². The molecule has 0 aromatic heterocycles. The molecule has 1 rings (SSSR count). The van der Waals surface area contributed by atoms with Crippen molar-refractivity contribution in [3.8, 4) is 0 Å². The van der Waals surface area contributed by atoms with Crippen LogP contribution in [0.1, 0.15) is 71.1 Å². The highest BCUT2D eigenvalue weighted by atomic mass is 16.7. The van der Waals surface area contributed by atoms with Gasteiger partial charge in [-0.2, -0.15) is 0 Å². The molecule has 0 N–H and O–H groups in total. The highest BCUT2D eigenvalue weighted by molar-refractivity contribution is 5.06. The zero-order valence-electron chi connectivity index (χ0n) is 13.2. The molecule has 0 bridgehead atoms. The summed E-state index contributed by atoms with van der Waals surface area (Å²) in [5.74, 6) is 0. The number of unbranched alkanes of at least 4 members (excludes halogenated alkanes) is 3. The third-order valence-electron chi connectivity index (χ3n) is 3.75. The predicted octanol–water partition coefficient (Wildman–Crippen LogP) is 5.39. The molecule has 1 saturated heterocycles. The molecule has 1 unspecified atom stereocenters. The Balaban J connectivity index is 2.14. The SMILES string of the molecule is C=CC/C(=C/CCOC1CCCCO1)CCCCCC. The lowest BCUT2D eigenvalue weighted by molar-refractivity contribution is -0.161. The summed E-state index contributed by atoms with van der Waals surface area (Å²) in [4.78, 5) is 0. The highest BCUT2D eigenvalue weighted by Crippen LogP contribution is 2.16. The molecule has 1 heterocycles. The Morgan fingerprint density at radius 2 is 2.20 bits per heavy atom. The first-order valence-electron chi connectivity index (χ1n) is 8.38. The highest BCUT2D eigenvalue weighted by Gasteiger charge is 2.13. The molecule has 0 aromatic rings. The van der Waals surface area contributed by atoms with Crippen molar-refractivity contribution >= 4 is 0 Å². The Hall–Kier alpha value is -0.600. The molecule has 1 fully saturated rings. The molecule has 2 heteroatoms. The van der Waals surface area contributed by atoms with Gasteiger partial charge in [0.05, 0.1) is 6.61 Å². The van der Waals surface area contributed by atoms with Crippen molar-refractivity contribution in [1.82, 2.24) is 0 Å². The van der Waals surface area contributed by atoms with E-state index in [0.29, 0.717) is 0 Å². The van der Waals surface area contributed by atoms with Gasteiger partial charge < -0.3 is 9.47 Å². The quantitative estimate of drug-likeness (QED) is 0.373. The van der Waals surface area contributed by atoms with Crippen LogP contribution in [-0.2, 0) is 9.47 Å². The maximum atomic E-state index is 5.76. The summed E-state index contributed by atoms with van der Waals surface area (Å²) in [6, 6.07) is 0. The first-order chi connectivity index (χ1) is 9.86. The summed E-state index contributed by atoms with van der Waals surface area (Å²) in [5.41, 5.74) is 1.52. The van der Waals surface area contributed by atoms with E-state index in [9.17, 15) is 0 Å². The summed E-state index contributed by atoms with van der Waals surface area (Å²) in [5, 5.41) is 0. The van der Waals surface area contributed by atoms with Gasteiger partial charge in [-0.1, -0.05) is 43.9 Å². The lowest BCUT2D eigenvalue weighted by Crippen LogP contribution is -2.22. The Labute approximate surface area is 125 Å².